The fraction of sp³-hybridized carbons (Fsp3) is 0.0476. The van der Waals surface area contributed by atoms with Crippen LogP contribution in [0.2, 0.25) is 5.02 Å². The van der Waals surface area contributed by atoms with E-state index in [0.29, 0.717) is 23.2 Å². The minimum atomic E-state index is 0.430. The third-order valence-electron chi connectivity index (χ3n) is 4.66. The molecule has 4 N–H and O–H groups in total. The van der Waals surface area contributed by atoms with Gasteiger partial charge in [-0.05, 0) is 29.8 Å². The smallest absolute Gasteiger partial charge is 0.227 e. The molecule has 0 spiro atoms. The van der Waals surface area contributed by atoms with E-state index in [-0.39, 0.29) is 0 Å². The Morgan fingerprint density at radius 2 is 1.97 bits per heavy atom. The fourth-order valence-corrected chi connectivity index (χ4v) is 3.41. The summed E-state index contributed by atoms with van der Waals surface area (Å²) in [5, 5.41) is 8.98. The number of anilines is 3. The van der Waals surface area contributed by atoms with E-state index < -0.39 is 0 Å². The maximum atomic E-state index is 6.38. The number of hydrogen-bond acceptors (Lipinski definition) is 6. The maximum absolute atomic E-state index is 6.38. The first-order valence-electron chi connectivity index (χ1n) is 9.24. The van der Waals surface area contributed by atoms with Crippen molar-refractivity contribution < 1.29 is 0 Å². The molecule has 5 rings (SSSR count). The third-order valence-corrected chi connectivity index (χ3v) is 4.94. The van der Waals surface area contributed by atoms with Crippen LogP contribution in [0.25, 0.3) is 22.3 Å². The minimum absolute atomic E-state index is 0.430. The molecule has 0 fully saturated rings. The number of nitrogen functional groups attached to an aromatic ring is 1. The molecule has 0 aliphatic rings. The monoisotopic (exact) mass is 416 g/mol. The van der Waals surface area contributed by atoms with Gasteiger partial charge < -0.3 is 16.0 Å². The van der Waals surface area contributed by atoms with Crippen molar-refractivity contribution in [3.63, 3.8) is 0 Å². The molecule has 30 heavy (non-hydrogen) atoms. The van der Waals surface area contributed by atoms with Gasteiger partial charge in [-0.2, -0.15) is 5.10 Å². The van der Waals surface area contributed by atoms with Gasteiger partial charge in [-0.15, -0.1) is 0 Å². The summed E-state index contributed by atoms with van der Waals surface area (Å²) in [4.78, 5) is 16.4. The highest BCUT2D eigenvalue weighted by Gasteiger charge is 2.13. The van der Waals surface area contributed by atoms with Crippen LogP contribution in [0, 0.1) is 0 Å². The first kappa shape index (κ1) is 18.1. The normalized spacial score (nSPS) is 11.1. The van der Waals surface area contributed by atoms with E-state index in [9.17, 15) is 0 Å². The number of nitrogens with zero attached hydrogens (tertiary/aromatic N) is 5. The molecule has 0 aliphatic heterocycles. The molecule has 148 valence electrons. The molecule has 0 unspecified atom stereocenters. The van der Waals surface area contributed by atoms with E-state index in [1.807, 2.05) is 53.5 Å². The molecule has 0 amide bonds. The predicted octanol–water partition coefficient (Wildman–Crippen LogP) is 4.24. The van der Waals surface area contributed by atoms with Gasteiger partial charge in [0.1, 0.15) is 5.65 Å². The van der Waals surface area contributed by atoms with Gasteiger partial charge in [-0.25, -0.2) is 15.0 Å². The van der Waals surface area contributed by atoms with Crippen LogP contribution in [0.3, 0.4) is 0 Å². The van der Waals surface area contributed by atoms with Crippen LogP contribution in [0.5, 0.6) is 0 Å². The molecule has 0 atom stereocenters. The van der Waals surface area contributed by atoms with Crippen molar-refractivity contribution >= 4 is 40.0 Å². The number of nitrogens with two attached hydrogens (primary N) is 1. The number of benzene rings is 1. The van der Waals surface area contributed by atoms with Gasteiger partial charge in [0, 0.05) is 35.2 Å². The van der Waals surface area contributed by atoms with E-state index in [2.05, 4.69) is 30.4 Å². The molecule has 0 radical (unpaired) electrons. The van der Waals surface area contributed by atoms with Gasteiger partial charge in [0.15, 0.2) is 0 Å². The number of aromatic nitrogens is 6. The Morgan fingerprint density at radius 1 is 1.10 bits per heavy atom. The maximum Gasteiger partial charge on any atom is 0.227 e. The largest absolute Gasteiger partial charge is 0.399 e. The van der Waals surface area contributed by atoms with Gasteiger partial charge in [0.25, 0.3) is 0 Å². The number of pyridine rings is 1. The average Bonchev–Trinajstić information content (AvgIpc) is 3.38. The molecule has 0 bridgehead atoms. The van der Waals surface area contributed by atoms with Gasteiger partial charge in [-0.1, -0.05) is 23.7 Å². The van der Waals surface area contributed by atoms with E-state index in [1.165, 1.54) is 0 Å². The molecular weight excluding hydrogens is 400 g/mol. The third kappa shape index (κ3) is 3.56. The lowest BCUT2D eigenvalue weighted by atomic mass is 10.1. The number of rotatable bonds is 5. The highest BCUT2D eigenvalue weighted by Crippen LogP contribution is 2.32. The van der Waals surface area contributed by atoms with Crippen molar-refractivity contribution in [2.75, 3.05) is 11.1 Å². The molecule has 4 aromatic heterocycles. The van der Waals surface area contributed by atoms with Crippen LogP contribution >= 0.6 is 11.6 Å². The molecule has 0 saturated carbocycles. The van der Waals surface area contributed by atoms with Gasteiger partial charge in [-0.3, -0.25) is 4.68 Å². The van der Waals surface area contributed by atoms with Gasteiger partial charge >= 0.3 is 0 Å². The molecule has 9 heteroatoms. The number of nitrogens with one attached hydrogen (secondary N) is 2. The second-order valence-corrected chi connectivity index (χ2v) is 7.19. The van der Waals surface area contributed by atoms with Crippen LogP contribution < -0.4 is 11.1 Å². The molecule has 5 aromatic rings. The lowest BCUT2D eigenvalue weighted by molar-refractivity contribution is 0.687. The lowest BCUT2D eigenvalue weighted by Gasteiger charge is -2.06. The number of hydrogen-bond donors (Lipinski definition) is 3. The van der Waals surface area contributed by atoms with Crippen LogP contribution in [-0.2, 0) is 6.54 Å². The summed E-state index contributed by atoms with van der Waals surface area (Å²) in [5.41, 5.74) is 10.6. The predicted molar refractivity (Wildman–Crippen MR) is 118 cm³/mol. The Labute approximate surface area is 176 Å². The van der Waals surface area contributed by atoms with E-state index in [4.69, 9.17) is 17.3 Å². The number of aromatic amines is 1. The van der Waals surface area contributed by atoms with Crippen LogP contribution in [0.4, 0.5) is 17.3 Å². The van der Waals surface area contributed by atoms with Crippen molar-refractivity contribution in [2.45, 2.75) is 6.54 Å². The highest BCUT2D eigenvalue weighted by atomic mass is 35.5. The quantitative estimate of drug-likeness (QED) is 0.369. The fourth-order valence-electron chi connectivity index (χ4n) is 3.22. The van der Waals surface area contributed by atoms with Crippen molar-refractivity contribution in [1.29, 1.82) is 0 Å². The van der Waals surface area contributed by atoms with E-state index >= 15 is 0 Å². The van der Waals surface area contributed by atoms with Crippen molar-refractivity contribution in [2.24, 2.45) is 0 Å². The second-order valence-electron chi connectivity index (χ2n) is 6.79. The second kappa shape index (κ2) is 7.49. The summed E-state index contributed by atoms with van der Waals surface area (Å²) >= 11 is 6.38. The Bertz CT molecular complexity index is 1320. The molecule has 8 nitrogen and oxygen atoms in total. The zero-order valence-corrected chi connectivity index (χ0v) is 16.5. The summed E-state index contributed by atoms with van der Waals surface area (Å²) < 4.78 is 1.83. The van der Waals surface area contributed by atoms with Crippen LogP contribution in [0.1, 0.15) is 5.56 Å². The summed E-state index contributed by atoms with van der Waals surface area (Å²) in [6.07, 6.45) is 8.79. The number of fused-ring (bicyclic) bond motifs is 1. The summed E-state index contributed by atoms with van der Waals surface area (Å²) in [7, 11) is 0. The Hall–Kier alpha value is -3.91. The zero-order valence-electron chi connectivity index (χ0n) is 15.7. The number of halogens is 1. The van der Waals surface area contributed by atoms with Crippen molar-refractivity contribution in [3.8, 4) is 11.3 Å². The standard InChI is InChI=1S/C21H17ClN8/c22-18-10-26-21(29-19(18)17-9-25-20-16(17)2-1-7-24-20)28-15-8-27-30(12-15)11-13-3-5-14(23)6-4-13/h1-10,12H,11,23H2,(H,24,25)(H,26,28,29). The van der Waals surface area contributed by atoms with Gasteiger partial charge in [0.05, 0.1) is 35.3 Å². The lowest BCUT2D eigenvalue weighted by Crippen LogP contribution is -2.00. The Morgan fingerprint density at radius 3 is 2.83 bits per heavy atom. The minimum Gasteiger partial charge on any atom is -0.399 e. The zero-order chi connectivity index (χ0) is 20.5. The molecule has 4 heterocycles. The Balaban J connectivity index is 1.39. The van der Waals surface area contributed by atoms with Crippen molar-refractivity contribution in [3.05, 3.63) is 78.0 Å². The topological polar surface area (TPSA) is 110 Å². The molecular formula is C21H17ClN8. The first-order chi connectivity index (χ1) is 14.7. The molecule has 0 saturated heterocycles. The van der Waals surface area contributed by atoms with Gasteiger partial charge in [0.2, 0.25) is 5.95 Å². The summed E-state index contributed by atoms with van der Waals surface area (Å²) in [5.74, 6) is 0.430. The Kier molecular flexibility index (Phi) is 4.53. The molecule has 0 aliphatic carbocycles. The summed E-state index contributed by atoms with van der Waals surface area (Å²) in [6.45, 7) is 0.636. The van der Waals surface area contributed by atoms with E-state index in [0.717, 1.165) is 33.5 Å². The SMILES string of the molecule is Nc1ccc(Cn2cc(Nc3ncc(Cl)c(-c4c[nH]c5ncccc45)n3)cn2)cc1. The molecule has 1 aromatic carbocycles. The number of H-pyrrole nitrogens is 1. The average molecular weight is 417 g/mol. The van der Waals surface area contributed by atoms with Crippen LogP contribution in [-0.4, -0.2) is 29.7 Å². The van der Waals surface area contributed by atoms with Crippen LogP contribution in [0.15, 0.2) is 67.4 Å². The van der Waals surface area contributed by atoms with Crippen molar-refractivity contribution in [1.82, 2.24) is 29.7 Å². The van der Waals surface area contributed by atoms with E-state index in [1.54, 1.807) is 18.6 Å². The first-order valence-corrected chi connectivity index (χ1v) is 9.62. The summed E-state index contributed by atoms with van der Waals surface area (Å²) in [6, 6.07) is 11.6. The highest BCUT2D eigenvalue weighted by molar-refractivity contribution is 6.33.